The Labute approximate surface area is 183 Å². The van der Waals surface area contributed by atoms with Crippen molar-refractivity contribution in [2.75, 3.05) is 7.11 Å². The van der Waals surface area contributed by atoms with Crippen molar-refractivity contribution in [1.82, 2.24) is 15.1 Å². The number of nitrogens with zero attached hydrogens (tertiary/aromatic N) is 2. The van der Waals surface area contributed by atoms with Crippen molar-refractivity contribution < 1.29 is 14.3 Å². The molecular weight excluding hydrogens is 390 g/mol. The summed E-state index contributed by atoms with van der Waals surface area (Å²) >= 11 is 0. The van der Waals surface area contributed by atoms with Crippen LogP contribution in [0.15, 0.2) is 60.8 Å². The molecule has 0 saturated heterocycles. The normalized spacial score (nSPS) is 12.0. The molecule has 0 saturated carbocycles. The first-order valence-corrected chi connectivity index (χ1v) is 10.4. The summed E-state index contributed by atoms with van der Waals surface area (Å²) in [6.45, 7) is 7.14. The van der Waals surface area contributed by atoms with Gasteiger partial charge in [-0.15, -0.1) is 0 Å². The van der Waals surface area contributed by atoms with E-state index in [4.69, 9.17) is 9.47 Å². The first-order chi connectivity index (χ1) is 15.0. The molecule has 0 radical (unpaired) electrons. The van der Waals surface area contributed by atoms with Gasteiger partial charge in [0, 0.05) is 24.4 Å². The Morgan fingerprint density at radius 2 is 2.06 bits per heavy atom. The molecular formula is C25H29N3O3. The van der Waals surface area contributed by atoms with Crippen LogP contribution in [0.1, 0.15) is 42.3 Å². The number of carbonyl (C=O) groups excluding carboxylic acids is 1. The summed E-state index contributed by atoms with van der Waals surface area (Å²) in [4.78, 5) is 12.3. The van der Waals surface area contributed by atoms with Gasteiger partial charge >= 0.3 is 0 Å². The third-order valence-corrected chi connectivity index (χ3v) is 4.90. The maximum atomic E-state index is 12.3. The largest absolute Gasteiger partial charge is 0.496 e. The minimum Gasteiger partial charge on any atom is -0.496 e. The molecule has 0 aliphatic rings. The number of amides is 1. The minimum absolute atomic E-state index is 0.167. The quantitative estimate of drug-likeness (QED) is 0.511. The van der Waals surface area contributed by atoms with Crippen molar-refractivity contribution >= 4 is 12.0 Å². The highest BCUT2D eigenvalue weighted by Gasteiger charge is 2.11. The van der Waals surface area contributed by atoms with Crippen LogP contribution >= 0.6 is 0 Å². The number of ether oxygens (including phenoxy) is 2. The van der Waals surface area contributed by atoms with Crippen molar-refractivity contribution in [3.8, 4) is 11.5 Å². The topological polar surface area (TPSA) is 65.4 Å². The Balaban J connectivity index is 1.64. The average molecular weight is 420 g/mol. The van der Waals surface area contributed by atoms with Gasteiger partial charge < -0.3 is 14.8 Å². The molecule has 31 heavy (non-hydrogen) atoms. The number of aryl methyl sites for hydroxylation is 2. The van der Waals surface area contributed by atoms with Crippen LogP contribution in [0.25, 0.3) is 6.08 Å². The second-order valence-electron chi connectivity index (χ2n) is 7.34. The molecule has 6 nitrogen and oxygen atoms in total. The van der Waals surface area contributed by atoms with Crippen LogP contribution in [0, 0.1) is 6.92 Å². The fourth-order valence-corrected chi connectivity index (χ4v) is 3.17. The van der Waals surface area contributed by atoms with E-state index in [2.05, 4.69) is 10.4 Å². The van der Waals surface area contributed by atoms with Crippen molar-refractivity contribution in [1.29, 1.82) is 0 Å². The Morgan fingerprint density at radius 3 is 2.77 bits per heavy atom. The summed E-state index contributed by atoms with van der Waals surface area (Å²) < 4.78 is 13.2. The third kappa shape index (κ3) is 6.22. The summed E-state index contributed by atoms with van der Waals surface area (Å²) in [5, 5.41) is 7.37. The highest BCUT2D eigenvalue weighted by atomic mass is 16.5. The molecule has 1 aromatic heterocycles. The van der Waals surface area contributed by atoms with Crippen molar-refractivity contribution in [2.24, 2.45) is 0 Å². The van der Waals surface area contributed by atoms with Crippen LogP contribution in [0.3, 0.4) is 0 Å². The summed E-state index contributed by atoms with van der Waals surface area (Å²) in [5.41, 5.74) is 3.78. The number of rotatable bonds is 9. The van der Waals surface area contributed by atoms with Gasteiger partial charge in [-0.05, 0) is 68.3 Å². The molecule has 0 bridgehead atoms. The van der Waals surface area contributed by atoms with Gasteiger partial charge in [0.25, 0.3) is 0 Å². The Morgan fingerprint density at radius 1 is 1.23 bits per heavy atom. The van der Waals surface area contributed by atoms with Crippen molar-refractivity contribution in [2.45, 2.75) is 40.0 Å². The van der Waals surface area contributed by atoms with E-state index in [-0.39, 0.29) is 11.9 Å². The van der Waals surface area contributed by atoms with Crippen LogP contribution in [0.4, 0.5) is 0 Å². The maximum Gasteiger partial charge on any atom is 0.244 e. The molecule has 1 amide bonds. The molecule has 0 aliphatic heterocycles. The molecule has 1 heterocycles. The zero-order chi connectivity index (χ0) is 22.2. The summed E-state index contributed by atoms with van der Waals surface area (Å²) in [6, 6.07) is 15.4. The zero-order valence-corrected chi connectivity index (χ0v) is 18.5. The van der Waals surface area contributed by atoms with E-state index in [0.29, 0.717) is 6.61 Å². The van der Waals surface area contributed by atoms with Gasteiger partial charge in [-0.3, -0.25) is 9.48 Å². The number of hydrogen-bond acceptors (Lipinski definition) is 4. The van der Waals surface area contributed by atoms with E-state index in [9.17, 15) is 4.79 Å². The maximum absolute atomic E-state index is 12.3. The van der Waals surface area contributed by atoms with E-state index in [0.717, 1.165) is 40.4 Å². The molecule has 0 spiro atoms. The van der Waals surface area contributed by atoms with Gasteiger partial charge in [0.2, 0.25) is 5.91 Å². The van der Waals surface area contributed by atoms with E-state index < -0.39 is 0 Å². The SMILES string of the molecule is CCn1ccc(C(C)NC(=O)/C=C/c2ccc(OC)c(COc3cccc(C)c3)c2)n1. The molecule has 2 aromatic carbocycles. The number of aromatic nitrogens is 2. The van der Waals surface area contributed by atoms with Gasteiger partial charge in [0.05, 0.1) is 18.8 Å². The fraction of sp³-hybridized carbons (Fsp3) is 0.280. The number of benzene rings is 2. The van der Waals surface area contributed by atoms with E-state index >= 15 is 0 Å². The standard InChI is InChI=1S/C25H29N3O3/c1-5-28-14-13-23(27-28)19(3)26-25(29)12-10-20-9-11-24(30-4)21(16-20)17-31-22-8-6-7-18(2)15-22/h6-16,19H,5,17H2,1-4H3,(H,26,29)/b12-10+. The Hall–Kier alpha value is -3.54. The van der Waals surface area contributed by atoms with Gasteiger partial charge in [0.15, 0.2) is 0 Å². The van der Waals surface area contributed by atoms with Gasteiger partial charge in [-0.2, -0.15) is 5.10 Å². The molecule has 6 heteroatoms. The summed E-state index contributed by atoms with van der Waals surface area (Å²) in [7, 11) is 1.63. The summed E-state index contributed by atoms with van der Waals surface area (Å²) in [5.74, 6) is 1.38. The summed E-state index contributed by atoms with van der Waals surface area (Å²) in [6.07, 6.45) is 5.22. The van der Waals surface area contributed by atoms with Crippen molar-refractivity contribution in [3.05, 3.63) is 83.2 Å². The lowest BCUT2D eigenvalue weighted by Crippen LogP contribution is -2.25. The lowest BCUT2D eigenvalue weighted by Gasteiger charge is -2.12. The highest BCUT2D eigenvalue weighted by Crippen LogP contribution is 2.23. The van der Waals surface area contributed by atoms with Crippen LogP contribution in [-0.4, -0.2) is 22.8 Å². The molecule has 1 unspecified atom stereocenters. The second kappa shape index (κ2) is 10.5. The zero-order valence-electron chi connectivity index (χ0n) is 18.5. The Bertz CT molecular complexity index is 1060. The third-order valence-electron chi connectivity index (χ3n) is 4.90. The predicted octanol–water partition coefficient (Wildman–Crippen LogP) is 4.69. The minimum atomic E-state index is -0.174. The molecule has 1 N–H and O–H groups in total. The van der Waals surface area contributed by atoms with Gasteiger partial charge in [0.1, 0.15) is 18.1 Å². The first-order valence-electron chi connectivity index (χ1n) is 10.4. The predicted molar refractivity (Wildman–Crippen MR) is 122 cm³/mol. The van der Waals surface area contributed by atoms with Crippen LogP contribution in [0.2, 0.25) is 0 Å². The van der Waals surface area contributed by atoms with Crippen LogP contribution in [-0.2, 0) is 17.9 Å². The highest BCUT2D eigenvalue weighted by molar-refractivity contribution is 5.92. The number of hydrogen-bond donors (Lipinski definition) is 1. The fourth-order valence-electron chi connectivity index (χ4n) is 3.17. The second-order valence-corrected chi connectivity index (χ2v) is 7.34. The monoisotopic (exact) mass is 419 g/mol. The molecule has 1 atom stereocenters. The van der Waals surface area contributed by atoms with Crippen molar-refractivity contribution in [3.63, 3.8) is 0 Å². The first kappa shape index (κ1) is 22.2. The van der Waals surface area contributed by atoms with Crippen LogP contribution in [0.5, 0.6) is 11.5 Å². The lowest BCUT2D eigenvalue weighted by molar-refractivity contribution is -0.117. The molecule has 0 aliphatic carbocycles. The van der Waals surface area contributed by atoms with E-state index in [1.165, 1.54) is 6.08 Å². The number of methoxy groups -OCH3 is 1. The van der Waals surface area contributed by atoms with E-state index in [1.54, 1.807) is 13.2 Å². The Kier molecular flexibility index (Phi) is 7.49. The molecule has 0 fully saturated rings. The molecule has 3 rings (SSSR count). The lowest BCUT2D eigenvalue weighted by atomic mass is 10.1. The number of nitrogens with one attached hydrogen (secondary N) is 1. The van der Waals surface area contributed by atoms with Crippen LogP contribution < -0.4 is 14.8 Å². The smallest absolute Gasteiger partial charge is 0.244 e. The molecule has 3 aromatic rings. The average Bonchev–Trinajstić information content (AvgIpc) is 3.26. The molecule has 162 valence electrons. The van der Waals surface area contributed by atoms with Gasteiger partial charge in [-0.25, -0.2) is 0 Å². The van der Waals surface area contributed by atoms with Gasteiger partial charge in [-0.1, -0.05) is 18.2 Å². The van der Waals surface area contributed by atoms with E-state index in [1.807, 2.05) is 80.2 Å². The number of carbonyl (C=O) groups is 1.